The van der Waals surface area contributed by atoms with Crippen molar-refractivity contribution in [3.05, 3.63) is 29.3 Å². The minimum Gasteiger partial charge on any atom is -0.496 e. The zero-order valence-corrected chi connectivity index (χ0v) is 8.92. The molecule has 0 bridgehead atoms. The quantitative estimate of drug-likeness (QED) is 0.709. The van der Waals surface area contributed by atoms with Crippen LogP contribution in [0.2, 0.25) is 0 Å². The summed E-state index contributed by atoms with van der Waals surface area (Å²) >= 11 is 0. The second kappa shape index (κ2) is 4.01. The highest BCUT2D eigenvalue weighted by Crippen LogP contribution is 2.27. The molecule has 0 spiro atoms. The highest BCUT2D eigenvalue weighted by molar-refractivity contribution is 5.41. The lowest BCUT2D eigenvalue weighted by molar-refractivity contribution is 0.264. The van der Waals surface area contributed by atoms with Crippen LogP contribution < -0.4 is 4.74 Å². The minimum absolute atomic E-state index is 1.05. The predicted octanol–water partition coefficient (Wildman–Crippen LogP) is 2.07. The van der Waals surface area contributed by atoms with Gasteiger partial charge in [-0.05, 0) is 30.2 Å². The predicted molar refractivity (Wildman–Crippen MR) is 57.6 cm³/mol. The molecule has 0 unspecified atom stereocenters. The number of ether oxygens (including phenoxy) is 1. The van der Waals surface area contributed by atoms with Crippen LogP contribution in [0.3, 0.4) is 0 Å². The van der Waals surface area contributed by atoms with Gasteiger partial charge in [-0.15, -0.1) is 0 Å². The van der Waals surface area contributed by atoms with E-state index in [2.05, 4.69) is 30.0 Å². The SMILES string of the molecule is CCN1CCc2c(cccc2OC)C1. The van der Waals surface area contributed by atoms with Gasteiger partial charge in [-0.1, -0.05) is 19.1 Å². The number of hydrogen-bond donors (Lipinski definition) is 0. The molecule has 1 heterocycles. The van der Waals surface area contributed by atoms with Gasteiger partial charge >= 0.3 is 0 Å². The number of nitrogens with zero attached hydrogens (tertiary/aromatic N) is 1. The lowest BCUT2D eigenvalue weighted by Gasteiger charge is -2.28. The lowest BCUT2D eigenvalue weighted by Crippen LogP contribution is -2.30. The highest BCUT2D eigenvalue weighted by atomic mass is 16.5. The summed E-state index contributed by atoms with van der Waals surface area (Å²) in [5.74, 6) is 1.05. The van der Waals surface area contributed by atoms with E-state index in [9.17, 15) is 0 Å². The third-order valence-corrected chi connectivity index (χ3v) is 2.97. The monoisotopic (exact) mass is 191 g/mol. The van der Waals surface area contributed by atoms with Crippen molar-refractivity contribution in [1.29, 1.82) is 0 Å². The smallest absolute Gasteiger partial charge is 0.122 e. The molecular formula is C12H17NO. The maximum absolute atomic E-state index is 5.36. The van der Waals surface area contributed by atoms with E-state index in [0.717, 1.165) is 31.8 Å². The van der Waals surface area contributed by atoms with Gasteiger partial charge in [0.25, 0.3) is 0 Å². The van der Waals surface area contributed by atoms with E-state index in [1.807, 2.05) is 0 Å². The Morgan fingerprint density at radius 2 is 2.29 bits per heavy atom. The Morgan fingerprint density at radius 3 is 3.00 bits per heavy atom. The molecule has 0 saturated carbocycles. The standard InChI is InChI=1S/C12H17NO/c1-3-13-8-7-11-10(9-13)5-4-6-12(11)14-2/h4-6H,3,7-9H2,1-2H3. The van der Waals surface area contributed by atoms with E-state index < -0.39 is 0 Å². The van der Waals surface area contributed by atoms with Gasteiger partial charge in [-0.3, -0.25) is 4.90 Å². The van der Waals surface area contributed by atoms with E-state index >= 15 is 0 Å². The molecule has 2 rings (SSSR count). The van der Waals surface area contributed by atoms with Crippen molar-refractivity contribution in [1.82, 2.24) is 4.90 Å². The Bertz CT molecular complexity index is 322. The highest BCUT2D eigenvalue weighted by Gasteiger charge is 2.17. The second-order valence-corrected chi connectivity index (χ2v) is 3.72. The first kappa shape index (κ1) is 9.53. The lowest BCUT2D eigenvalue weighted by atomic mass is 9.99. The molecule has 1 aliphatic heterocycles. The second-order valence-electron chi connectivity index (χ2n) is 3.72. The summed E-state index contributed by atoms with van der Waals surface area (Å²) < 4.78 is 5.36. The maximum Gasteiger partial charge on any atom is 0.122 e. The Labute approximate surface area is 85.5 Å². The average molecular weight is 191 g/mol. The van der Waals surface area contributed by atoms with Crippen LogP contribution in [0.5, 0.6) is 5.75 Å². The van der Waals surface area contributed by atoms with Gasteiger partial charge in [0.15, 0.2) is 0 Å². The van der Waals surface area contributed by atoms with Crippen molar-refractivity contribution in [2.24, 2.45) is 0 Å². The van der Waals surface area contributed by atoms with Crippen molar-refractivity contribution >= 4 is 0 Å². The van der Waals surface area contributed by atoms with Crippen LogP contribution in [0.25, 0.3) is 0 Å². The van der Waals surface area contributed by atoms with Crippen molar-refractivity contribution in [3.8, 4) is 5.75 Å². The summed E-state index contributed by atoms with van der Waals surface area (Å²) in [4.78, 5) is 2.46. The van der Waals surface area contributed by atoms with Crippen molar-refractivity contribution in [2.45, 2.75) is 19.9 Å². The minimum atomic E-state index is 1.05. The Morgan fingerprint density at radius 1 is 1.43 bits per heavy atom. The molecule has 0 aromatic heterocycles. The largest absolute Gasteiger partial charge is 0.496 e. The van der Waals surface area contributed by atoms with Gasteiger partial charge in [0.05, 0.1) is 7.11 Å². The fourth-order valence-electron chi connectivity index (χ4n) is 2.09. The molecule has 0 aliphatic carbocycles. The molecule has 1 aliphatic rings. The Hall–Kier alpha value is -1.02. The van der Waals surface area contributed by atoms with E-state index in [-0.39, 0.29) is 0 Å². The third kappa shape index (κ3) is 1.62. The van der Waals surface area contributed by atoms with Crippen molar-refractivity contribution < 1.29 is 4.74 Å². The zero-order chi connectivity index (χ0) is 9.97. The number of benzene rings is 1. The van der Waals surface area contributed by atoms with Crippen molar-refractivity contribution in [3.63, 3.8) is 0 Å². The fourth-order valence-corrected chi connectivity index (χ4v) is 2.09. The molecule has 2 heteroatoms. The van der Waals surface area contributed by atoms with Gasteiger partial charge < -0.3 is 4.74 Å². The first-order valence-corrected chi connectivity index (χ1v) is 5.22. The van der Waals surface area contributed by atoms with Crippen LogP contribution in [0.15, 0.2) is 18.2 Å². The van der Waals surface area contributed by atoms with Crippen LogP contribution >= 0.6 is 0 Å². The molecule has 2 nitrogen and oxygen atoms in total. The molecule has 0 N–H and O–H groups in total. The Balaban J connectivity index is 2.30. The molecule has 0 atom stereocenters. The molecule has 0 fully saturated rings. The molecule has 1 aromatic carbocycles. The topological polar surface area (TPSA) is 12.5 Å². The number of methoxy groups -OCH3 is 1. The first-order chi connectivity index (χ1) is 6.85. The van der Waals surface area contributed by atoms with E-state index in [4.69, 9.17) is 4.74 Å². The van der Waals surface area contributed by atoms with Crippen LogP contribution in [-0.4, -0.2) is 25.1 Å². The van der Waals surface area contributed by atoms with E-state index in [0.29, 0.717) is 0 Å². The van der Waals surface area contributed by atoms with Crippen LogP contribution in [-0.2, 0) is 13.0 Å². The zero-order valence-electron chi connectivity index (χ0n) is 8.92. The number of fused-ring (bicyclic) bond motifs is 1. The van der Waals surface area contributed by atoms with Crippen LogP contribution in [0, 0.1) is 0 Å². The van der Waals surface area contributed by atoms with Crippen molar-refractivity contribution in [2.75, 3.05) is 20.2 Å². The molecule has 76 valence electrons. The van der Waals surface area contributed by atoms with E-state index in [1.54, 1.807) is 7.11 Å². The molecule has 0 amide bonds. The summed E-state index contributed by atoms with van der Waals surface area (Å²) in [6.45, 7) is 5.58. The number of rotatable bonds is 2. The molecule has 0 radical (unpaired) electrons. The molecule has 14 heavy (non-hydrogen) atoms. The average Bonchev–Trinajstić information content (AvgIpc) is 2.27. The first-order valence-electron chi connectivity index (χ1n) is 5.22. The van der Waals surface area contributed by atoms with Gasteiger partial charge in [0.2, 0.25) is 0 Å². The number of hydrogen-bond acceptors (Lipinski definition) is 2. The summed E-state index contributed by atoms with van der Waals surface area (Å²) in [7, 11) is 1.75. The summed E-state index contributed by atoms with van der Waals surface area (Å²) in [5, 5.41) is 0. The molecule has 0 saturated heterocycles. The van der Waals surface area contributed by atoms with Gasteiger partial charge in [-0.2, -0.15) is 0 Å². The maximum atomic E-state index is 5.36. The van der Waals surface area contributed by atoms with Crippen LogP contribution in [0.1, 0.15) is 18.1 Å². The summed E-state index contributed by atoms with van der Waals surface area (Å²) in [6, 6.07) is 6.34. The third-order valence-electron chi connectivity index (χ3n) is 2.97. The van der Waals surface area contributed by atoms with Gasteiger partial charge in [0, 0.05) is 13.1 Å². The number of likely N-dealkylation sites (N-methyl/N-ethyl adjacent to an activating group) is 1. The summed E-state index contributed by atoms with van der Waals surface area (Å²) in [5.41, 5.74) is 2.83. The van der Waals surface area contributed by atoms with Gasteiger partial charge in [-0.25, -0.2) is 0 Å². The van der Waals surface area contributed by atoms with E-state index in [1.165, 1.54) is 11.1 Å². The van der Waals surface area contributed by atoms with Gasteiger partial charge in [0.1, 0.15) is 5.75 Å². The molecule has 1 aromatic rings. The summed E-state index contributed by atoms with van der Waals surface area (Å²) in [6.07, 6.45) is 1.12. The molecular weight excluding hydrogens is 174 g/mol. The normalized spacial score (nSPS) is 16.4. The van der Waals surface area contributed by atoms with Crippen LogP contribution in [0.4, 0.5) is 0 Å². The fraction of sp³-hybridized carbons (Fsp3) is 0.500. The Kier molecular flexibility index (Phi) is 2.73.